The van der Waals surface area contributed by atoms with Gasteiger partial charge in [0.05, 0.1) is 6.61 Å². The molecule has 6 N–H and O–H groups in total. The molecule has 0 atom stereocenters. The van der Waals surface area contributed by atoms with E-state index in [-0.39, 0.29) is 26.1 Å². The van der Waals surface area contributed by atoms with E-state index in [1.807, 2.05) is 0 Å². The van der Waals surface area contributed by atoms with Crippen LogP contribution in [0.25, 0.3) is 0 Å². The summed E-state index contributed by atoms with van der Waals surface area (Å²) < 4.78 is 8.88. The normalized spacial score (nSPS) is 8.90. The Bertz CT molecular complexity index is 83.4. The maximum absolute atomic E-state index is 8.88. The first-order valence-corrected chi connectivity index (χ1v) is 3.57. The summed E-state index contributed by atoms with van der Waals surface area (Å²) in [6, 6.07) is 0. The Morgan fingerprint density at radius 3 is 1.40 bits per heavy atom. The Morgan fingerprint density at radius 1 is 1.30 bits per heavy atom. The topological polar surface area (TPSA) is 124 Å². The molecule has 0 aromatic rings. The fourth-order valence-corrected chi connectivity index (χ4v) is 0. The van der Waals surface area contributed by atoms with Crippen LogP contribution in [0.15, 0.2) is 0 Å². The molecule has 0 aromatic heterocycles. The van der Waals surface area contributed by atoms with Crippen molar-refractivity contribution in [3.8, 4) is 0 Å². The van der Waals surface area contributed by atoms with Crippen molar-refractivity contribution in [2.24, 2.45) is 5.73 Å². The molecule has 0 fully saturated rings. The predicted molar refractivity (Wildman–Crippen MR) is 30.4 cm³/mol. The molecule has 10 heavy (non-hydrogen) atoms. The average Bonchev–Trinajstić information content (AvgIpc) is 1.61. The minimum Gasteiger partial charge on any atom is -0.395 e. The monoisotopic (exact) mass is 223 g/mol. The van der Waals surface area contributed by atoms with Gasteiger partial charge >= 0.3 is 7.82 Å². The summed E-state index contributed by atoms with van der Waals surface area (Å²) in [5, 5.41) is 7.75. The van der Waals surface area contributed by atoms with Crippen LogP contribution in [-0.4, -0.2) is 32.9 Å². The molecule has 0 spiro atoms. The van der Waals surface area contributed by atoms with Gasteiger partial charge in [0.1, 0.15) is 0 Å². The maximum Gasteiger partial charge on any atom is 0.466 e. The van der Waals surface area contributed by atoms with E-state index in [0.717, 1.165) is 0 Å². The van der Waals surface area contributed by atoms with E-state index >= 15 is 0 Å². The third-order valence-electron chi connectivity index (χ3n) is 0.129. The summed E-state index contributed by atoms with van der Waals surface area (Å²) in [6.07, 6.45) is 0. The van der Waals surface area contributed by atoms with Crippen molar-refractivity contribution in [3.63, 3.8) is 0 Å². The van der Waals surface area contributed by atoms with Gasteiger partial charge in [-0.15, -0.1) is 0 Å². The molecule has 0 amide bonds. The molecule has 0 unspecified atom stereocenters. The molecule has 0 heterocycles. The third kappa shape index (κ3) is 185. The van der Waals surface area contributed by atoms with E-state index in [1.54, 1.807) is 0 Å². The van der Waals surface area contributed by atoms with Crippen molar-refractivity contribution in [1.29, 1.82) is 0 Å². The molecule has 0 bridgehead atoms. The standard InChI is InChI=1S/C2H7NO.H3O4P.Zn/c3-1-2-4;1-5(2,3)4;/h4H,1-3H2;(H3,1,2,3,4);. The fourth-order valence-electron chi connectivity index (χ4n) is 0. The molecule has 0 aliphatic rings. The van der Waals surface area contributed by atoms with Gasteiger partial charge in [0, 0.05) is 26.0 Å². The summed E-state index contributed by atoms with van der Waals surface area (Å²) in [5.74, 6) is 0. The van der Waals surface area contributed by atoms with Crippen LogP contribution in [-0.2, 0) is 24.0 Å². The number of hydrogen-bond donors (Lipinski definition) is 5. The quantitative estimate of drug-likeness (QED) is 0.259. The molecule has 0 aromatic carbocycles. The zero-order valence-electron chi connectivity index (χ0n) is 5.34. The van der Waals surface area contributed by atoms with E-state index in [2.05, 4.69) is 0 Å². The summed E-state index contributed by atoms with van der Waals surface area (Å²) >= 11 is 0. The van der Waals surface area contributed by atoms with Gasteiger partial charge in [0.2, 0.25) is 0 Å². The number of hydrogen-bond acceptors (Lipinski definition) is 3. The van der Waals surface area contributed by atoms with Crippen molar-refractivity contribution < 1.29 is 43.8 Å². The van der Waals surface area contributed by atoms with Gasteiger partial charge in [-0.1, -0.05) is 0 Å². The van der Waals surface area contributed by atoms with Crippen molar-refractivity contribution in [2.75, 3.05) is 13.2 Å². The van der Waals surface area contributed by atoms with Crippen molar-refractivity contribution >= 4 is 7.82 Å². The van der Waals surface area contributed by atoms with Gasteiger partial charge in [-0.2, -0.15) is 0 Å². The molecule has 0 rings (SSSR count). The van der Waals surface area contributed by atoms with E-state index in [1.165, 1.54) is 0 Å². The van der Waals surface area contributed by atoms with Gasteiger partial charge in [-0.25, -0.2) is 4.57 Å². The average molecular weight is 224 g/mol. The number of nitrogens with two attached hydrogens (primary N) is 1. The van der Waals surface area contributed by atoms with Gasteiger partial charge in [0.25, 0.3) is 0 Å². The van der Waals surface area contributed by atoms with Crippen molar-refractivity contribution in [3.05, 3.63) is 0 Å². The molecule has 0 saturated carbocycles. The molecular formula is C2H10NO5PZn. The van der Waals surface area contributed by atoms with E-state index < -0.39 is 7.82 Å². The van der Waals surface area contributed by atoms with E-state index in [4.69, 9.17) is 30.1 Å². The third-order valence-corrected chi connectivity index (χ3v) is 0.129. The summed E-state index contributed by atoms with van der Waals surface area (Å²) in [4.78, 5) is 21.6. The SMILES string of the molecule is NCCO.O=P(O)(O)O.[Zn]. The maximum atomic E-state index is 8.88. The zero-order chi connectivity index (χ0) is 7.91. The van der Waals surface area contributed by atoms with Crippen molar-refractivity contribution in [1.82, 2.24) is 0 Å². The molecule has 0 aliphatic heterocycles. The van der Waals surface area contributed by atoms with Gasteiger partial charge < -0.3 is 25.5 Å². The molecule has 6 nitrogen and oxygen atoms in total. The molecule has 0 radical (unpaired) electrons. The number of aliphatic hydroxyl groups excluding tert-OH is 1. The minimum atomic E-state index is -4.64. The Kier molecular flexibility index (Phi) is 16.4. The van der Waals surface area contributed by atoms with Crippen LogP contribution in [0.3, 0.4) is 0 Å². The predicted octanol–water partition coefficient (Wildman–Crippen LogP) is -1.99. The molecule has 0 aliphatic carbocycles. The fraction of sp³-hybridized carbons (Fsp3) is 1.00. The van der Waals surface area contributed by atoms with E-state index in [9.17, 15) is 0 Å². The second-order valence-corrected chi connectivity index (χ2v) is 2.05. The second-order valence-electron chi connectivity index (χ2n) is 1.03. The first-order chi connectivity index (χ1) is 3.91. The first kappa shape index (κ1) is 16.9. The first-order valence-electron chi connectivity index (χ1n) is 2.01. The van der Waals surface area contributed by atoms with Gasteiger partial charge in [-0.05, 0) is 0 Å². The summed E-state index contributed by atoms with van der Waals surface area (Å²) in [6.45, 7) is 0.472. The number of aliphatic hydroxyl groups is 1. The zero-order valence-corrected chi connectivity index (χ0v) is 9.20. The Balaban J connectivity index is -0.0000000910. The summed E-state index contributed by atoms with van der Waals surface area (Å²) in [7, 11) is -4.64. The Hall–Kier alpha value is 0.653. The van der Waals surface area contributed by atoms with Crippen LogP contribution >= 0.6 is 7.82 Å². The Morgan fingerprint density at radius 2 is 1.40 bits per heavy atom. The van der Waals surface area contributed by atoms with Crippen LogP contribution in [0.1, 0.15) is 0 Å². The molecular weight excluding hydrogens is 214 g/mol. The minimum absolute atomic E-state index is 0. The molecule has 8 heteroatoms. The van der Waals surface area contributed by atoms with Crippen LogP contribution in [0.5, 0.6) is 0 Å². The van der Waals surface area contributed by atoms with Crippen LogP contribution in [0.2, 0.25) is 0 Å². The van der Waals surface area contributed by atoms with Crippen LogP contribution in [0, 0.1) is 0 Å². The molecule has 0 saturated heterocycles. The van der Waals surface area contributed by atoms with Gasteiger partial charge in [-0.3, -0.25) is 0 Å². The largest absolute Gasteiger partial charge is 0.466 e. The van der Waals surface area contributed by atoms with Gasteiger partial charge in [0.15, 0.2) is 0 Å². The van der Waals surface area contributed by atoms with Crippen molar-refractivity contribution in [2.45, 2.75) is 0 Å². The molecule has 60 valence electrons. The van der Waals surface area contributed by atoms with Crippen LogP contribution < -0.4 is 5.73 Å². The number of rotatable bonds is 1. The Labute approximate surface area is 71.1 Å². The second kappa shape index (κ2) is 9.65. The summed E-state index contributed by atoms with van der Waals surface area (Å²) in [5.41, 5.74) is 4.78. The smallest absolute Gasteiger partial charge is 0.395 e. The number of phosphoric acid groups is 1. The van der Waals surface area contributed by atoms with Crippen LogP contribution in [0.4, 0.5) is 0 Å². The van der Waals surface area contributed by atoms with E-state index in [0.29, 0.717) is 6.54 Å².